The van der Waals surface area contributed by atoms with Gasteiger partial charge in [-0.2, -0.15) is 8.78 Å². The van der Waals surface area contributed by atoms with Gasteiger partial charge < -0.3 is 4.74 Å². The molecule has 0 aliphatic rings. The fourth-order valence-electron chi connectivity index (χ4n) is 1.36. The molecule has 0 amide bonds. The summed E-state index contributed by atoms with van der Waals surface area (Å²) in [6.45, 7) is -2.02. The number of Topliss-reactive ketones (excluding diaryl/α,β-unsaturated/α-hetero) is 1. The lowest BCUT2D eigenvalue weighted by Crippen LogP contribution is -2.33. The van der Waals surface area contributed by atoms with Gasteiger partial charge in [0.25, 0.3) is 0 Å². The van der Waals surface area contributed by atoms with Crippen molar-refractivity contribution in [3.63, 3.8) is 0 Å². The Balaban J connectivity index is 2.22. The Labute approximate surface area is 108 Å². The number of aryl methyl sites for hydroxylation is 1. The highest BCUT2D eigenvalue weighted by atomic mass is 19.3. The number of benzene rings is 1. The van der Waals surface area contributed by atoms with Crippen molar-refractivity contribution in [3.8, 4) is 0 Å². The molecule has 0 aliphatic carbocycles. The second-order valence-electron chi connectivity index (χ2n) is 4.08. The molecule has 6 heteroatoms. The number of rotatable bonds is 8. The van der Waals surface area contributed by atoms with Crippen LogP contribution in [0.15, 0.2) is 30.3 Å². The SMILES string of the molecule is O=C(CCc1ccccc1)COCC(F)(F)C(F)F. The molecule has 0 saturated heterocycles. The first-order chi connectivity index (χ1) is 8.92. The largest absolute Gasteiger partial charge is 0.367 e. The standard InChI is InChI=1S/C13H14F4O2/c14-12(15)13(16,17)9-19-8-11(18)7-6-10-4-2-1-3-5-10/h1-5,12H,6-9H2. The fourth-order valence-corrected chi connectivity index (χ4v) is 1.36. The molecule has 0 aromatic heterocycles. The van der Waals surface area contributed by atoms with Crippen LogP contribution in [0.3, 0.4) is 0 Å². The lowest BCUT2D eigenvalue weighted by Gasteiger charge is -2.14. The van der Waals surface area contributed by atoms with E-state index < -0.39 is 31.3 Å². The molecule has 19 heavy (non-hydrogen) atoms. The van der Waals surface area contributed by atoms with Crippen molar-refractivity contribution in [2.75, 3.05) is 13.2 Å². The predicted octanol–water partition coefficient (Wildman–Crippen LogP) is 3.11. The van der Waals surface area contributed by atoms with Crippen LogP contribution in [-0.2, 0) is 16.0 Å². The molecule has 1 aromatic carbocycles. The van der Waals surface area contributed by atoms with E-state index in [1.165, 1.54) is 0 Å². The average Bonchev–Trinajstić information content (AvgIpc) is 2.37. The van der Waals surface area contributed by atoms with Crippen LogP contribution in [0, 0.1) is 0 Å². The lowest BCUT2D eigenvalue weighted by atomic mass is 10.1. The molecule has 1 aromatic rings. The first-order valence-corrected chi connectivity index (χ1v) is 5.71. The minimum Gasteiger partial charge on any atom is -0.367 e. The number of carbonyl (C=O) groups excluding carboxylic acids is 1. The van der Waals surface area contributed by atoms with Crippen molar-refractivity contribution < 1.29 is 27.1 Å². The maximum Gasteiger partial charge on any atom is 0.330 e. The van der Waals surface area contributed by atoms with Crippen LogP contribution in [0.1, 0.15) is 12.0 Å². The summed E-state index contributed by atoms with van der Waals surface area (Å²) in [5.41, 5.74) is 0.939. The van der Waals surface area contributed by atoms with E-state index >= 15 is 0 Å². The van der Waals surface area contributed by atoms with E-state index in [0.717, 1.165) is 5.56 Å². The molecule has 0 radical (unpaired) electrons. The van der Waals surface area contributed by atoms with Gasteiger partial charge in [0.05, 0.1) is 0 Å². The monoisotopic (exact) mass is 278 g/mol. The molecule has 1 rings (SSSR count). The van der Waals surface area contributed by atoms with E-state index in [4.69, 9.17) is 0 Å². The molecule has 0 heterocycles. The molecule has 2 nitrogen and oxygen atoms in total. The van der Waals surface area contributed by atoms with Gasteiger partial charge in [0.2, 0.25) is 0 Å². The summed E-state index contributed by atoms with van der Waals surface area (Å²) in [5.74, 6) is -4.60. The average molecular weight is 278 g/mol. The van der Waals surface area contributed by atoms with E-state index in [9.17, 15) is 22.4 Å². The number of hydrogen-bond acceptors (Lipinski definition) is 2. The maximum atomic E-state index is 12.5. The number of alkyl halides is 4. The van der Waals surface area contributed by atoms with E-state index in [2.05, 4.69) is 4.74 Å². The van der Waals surface area contributed by atoms with E-state index in [0.29, 0.717) is 6.42 Å². The lowest BCUT2D eigenvalue weighted by molar-refractivity contribution is -0.168. The normalized spacial score (nSPS) is 11.8. The maximum absolute atomic E-state index is 12.5. The van der Waals surface area contributed by atoms with Crippen molar-refractivity contribution in [1.82, 2.24) is 0 Å². The van der Waals surface area contributed by atoms with Crippen LogP contribution in [0.2, 0.25) is 0 Å². The summed E-state index contributed by atoms with van der Waals surface area (Å²) in [5, 5.41) is 0. The number of ether oxygens (including phenoxy) is 1. The molecule has 0 atom stereocenters. The Bertz CT molecular complexity index is 393. The van der Waals surface area contributed by atoms with E-state index in [-0.39, 0.29) is 6.42 Å². The van der Waals surface area contributed by atoms with Gasteiger partial charge in [-0.1, -0.05) is 30.3 Å². The summed E-state index contributed by atoms with van der Waals surface area (Å²) in [6.07, 6.45) is -3.19. The molecule has 0 fully saturated rings. The summed E-state index contributed by atoms with van der Waals surface area (Å²) < 4.78 is 52.8. The topological polar surface area (TPSA) is 26.3 Å². The third-order valence-electron chi connectivity index (χ3n) is 2.41. The molecular weight excluding hydrogens is 264 g/mol. The van der Waals surface area contributed by atoms with E-state index in [1.807, 2.05) is 30.3 Å². The first-order valence-electron chi connectivity index (χ1n) is 5.71. The molecule has 0 N–H and O–H groups in total. The second kappa shape index (κ2) is 7.23. The summed E-state index contributed by atoms with van der Waals surface area (Å²) in [6, 6.07) is 9.14. The molecule has 106 valence electrons. The smallest absolute Gasteiger partial charge is 0.330 e. The van der Waals surface area contributed by atoms with Gasteiger partial charge in [0.1, 0.15) is 13.2 Å². The molecule has 0 aliphatic heterocycles. The van der Waals surface area contributed by atoms with Crippen LogP contribution in [0.4, 0.5) is 17.6 Å². The molecule has 0 spiro atoms. The first kappa shape index (κ1) is 15.6. The van der Waals surface area contributed by atoms with Crippen molar-refractivity contribution in [1.29, 1.82) is 0 Å². The highest BCUT2D eigenvalue weighted by Gasteiger charge is 2.41. The quantitative estimate of drug-likeness (QED) is 0.683. The van der Waals surface area contributed by atoms with Crippen molar-refractivity contribution >= 4 is 5.78 Å². The van der Waals surface area contributed by atoms with Crippen LogP contribution < -0.4 is 0 Å². The second-order valence-corrected chi connectivity index (χ2v) is 4.08. The number of halogens is 4. The number of ketones is 1. The minimum absolute atomic E-state index is 0.129. The van der Waals surface area contributed by atoms with Crippen molar-refractivity contribution in [2.24, 2.45) is 0 Å². The Hall–Kier alpha value is -1.43. The van der Waals surface area contributed by atoms with E-state index in [1.54, 1.807) is 0 Å². The third kappa shape index (κ3) is 5.83. The summed E-state index contributed by atoms with van der Waals surface area (Å²) >= 11 is 0. The van der Waals surface area contributed by atoms with Crippen LogP contribution in [0.25, 0.3) is 0 Å². The molecular formula is C13H14F4O2. The Morgan fingerprint density at radius 2 is 1.84 bits per heavy atom. The molecule has 0 unspecified atom stereocenters. The third-order valence-corrected chi connectivity index (χ3v) is 2.41. The van der Waals surface area contributed by atoms with Gasteiger partial charge in [0.15, 0.2) is 5.78 Å². The summed E-state index contributed by atoms with van der Waals surface area (Å²) in [7, 11) is 0. The molecule has 0 bridgehead atoms. The van der Waals surface area contributed by atoms with Crippen LogP contribution in [0.5, 0.6) is 0 Å². The Morgan fingerprint density at radius 3 is 2.42 bits per heavy atom. The van der Waals surface area contributed by atoms with Gasteiger partial charge in [-0.3, -0.25) is 4.79 Å². The minimum atomic E-state index is -4.21. The summed E-state index contributed by atoms with van der Waals surface area (Å²) in [4.78, 5) is 11.3. The highest BCUT2D eigenvalue weighted by molar-refractivity contribution is 5.79. The van der Waals surface area contributed by atoms with Gasteiger partial charge in [-0.05, 0) is 12.0 Å². The fraction of sp³-hybridized carbons (Fsp3) is 0.462. The highest BCUT2D eigenvalue weighted by Crippen LogP contribution is 2.22. The predicted molar refractivity (Wildman–Crippen MR) is 61.5 cm³/mol. The van der Waals surface area contributed by atoms with Gasteiger partial charge in [-0.15, -0.1) is 0 Å². The zero-order chi connectivity index (χ0) is 14.3. The number of carbonyl (C=O) groups is 1. The van der Waals surface area contributed by atoms with Crippen molar-refractivity contribution in [3.05, 3.63) is 35.9 Å². The Morgan fingerprint density at radius 1 is 1.21 bits per heavy atom. The Kier molecular flexibility index (Phi) is 5.95. The van der Waals surface area contributed by atoms with Crippen LogP contribution in [-0.4, -0.2) is 31.3 Å². The van der Waals surface area contributed by atoms with Gasteiger partial charge in [-0.25, -0.2) is 8.78 Å². The van der Waals surface area contributed by atoms with Crippen LogP contribution >= 0.6 is 0 Å². The zero-order valence-electron chi connectivity index (χ0n) is 10.1. The molecule has 0 saturated carbocycles. The number of hydrogen-bond donors (Lipinski definition) is 0. The van der Waals surface area contributed by atoms with Gasteiger partial charge >= 0.3 is 12.3 Å². The van der Waals surface area contributed by atoms with Gasteiger partial charge in [0, 0.05) is 6.42 Å². The van der Waals surface area contributed by atoms with Crippen molar-refractivity contribution in [2.45, 2.75) is 25.2 Å². The zero-order valence-corrected chi connectivity index (χ0v) is 10.1.